The predicted octanol–water partition coefficient (Wildman–Crippen LogP) is 1.45. The van der Waals surface area contributed by atoms with Gasteiger partial charge in [0.1, 0.15) is 17.2 Å². The average molecular weight is 336 g/mol. The number of piperazine rings is 1. The van der Waals surface area contributed by atoms with Gasteiger partial charge in [0, 0.05) is 12.6 Å². The van der Waals surface area contributed by atoms with Crippen molar-refractivity contribution < 1.29 is 23.5 Å². The van der Waals surface area contributed by atoms with Gasteiger partial charge in [-0.1, -0.05) is 6.42 Å². The summed E-state index contributed by atoms with van der Waals surface area (Å²) < 4.78 is 27.7. The smallest absolute Gasteiger partial charge is 0.308 e. The molecule has 3 atom stereocenters. The van der Waals surface area contributed by atoms with Gasteiger partial charge in [0.05, 0.1) is 11.5 Å². The fourth-order valence-corrected chi connectivity index (χ4v) is 4.66. The van der Waals surface area contributed by atoms with Crippen molar-refractivity contribution in [2.75, 3.05) is 6.54 Å². The van der Waals surface area contributed by atoms with E-state index in [4.69, 9.17) is 0 Å². The molecule has 1 saturated heterocycles. The maximum atomic E-state index is 14.0. The van der Waals surface area contributed by atoms with E-state index in [0.717, 1.165) is 6.07 Å². The summed E-state index contributed by atoms with van der Waals surface area (Å²) in [6, 6.07) is 2.13. The van der Waals surface area contributed by atoms with Crippen LogP contribution in [0.1, 0.15) is 36.8 Å². The van der Waals surface area contributed by atoms with Gasteiger partial charge in [-0.15, -0.1) is 0 Å². The Morgan fingerprint density at radius 2 is 2.08 bits per heavy atom. The fourth-order valence-electron chi connectivity index (χ4n) is 4.66. The Balaban J connectivity index is 1.70. The molecule has 1 aliphatic heterocycles. The molecule has 0 radical (unpaired) electrons. The standard InChI is InChI=1S/C17H18F2N2O3/c18-9-6-12-10(13(19)7-9)3-5-16(12)8-20-17(15(24)21-16)4-1-2-11(17)14(22)23/h6-7,11,20H,1-5,8H2,(H,21,24)(H,22,23). The first-order valence-corrected chi connectivity index (χ1v) is 8.17. The van der Waals surface area contributed by atoms with Gasteiger partial charge in [0.25, 0.3) is 0 Å². The monoisotopic (exact) mass is 336 g/mol. The van der Waals surface area contributed by atoms with Gasteiger partial charge in [-0.25, -0.2) is 8.78 Å². The van der Waals surface area contributed by atoms with Crippen LogP contribution in [0, 0.1) is 17.6 Å². The van der Waals surface area contributed by atoms with Crippen molar-refractivity contribution in [3.63, 3.8) is 0 Å². The van der Waals surface area contributed by atoms with Crippen LogP contribution >= 0.6 is 0 Å². The maximum Gasteiger partial charge on any atom is 0.308 e. The number of rotatable bonds is 1. The van der Waals surface area contributed by atoms with Crippen LogP contribution in [0.15, 0.2) is 12.1 Å². The molecule has 24 heavy (non-hydrogen) atoms. The lowest BCUT2D eigenvalue weighted by Gasteiger charge is -2.46. The third-order valence-electron chi connectivity index (χ3n) is 5.90. The average Bonchev–Trinajstić information content (AvgIpc) is 3.08. The van der Waals surface area contributed by atoms with E-state index in [-0.39, 0.29) is 12.5 Å². The SMILES string of the molecule is O=C(O)C1CCCC12NCC1(CCc3c(F)cc(F)cc31)NC2=O. The Hall–Kier alpha value is -2.02. The van der Waals surface area contributed by atoms with Gasteiger partial charge in [0.2, 0.25) is 5.91 Å². The number of carboxylic acids is 1. The predicted molar refractivity (Wildman–Crippen MR) is 80.2 cm³/mol. The van der Waals surface area contributed by atoms with Gasteiger partial charge in [0.15, 0.2) is 0 Å². The molecule has 1 heterocycles. The van der Waals surface area contributed by atoms with E-state index in [1.165, 1.54) is 6.07 Å². The molecule has 0 bridgehead atoms. The number of aliphatic carboxylic acids is 1. The van der Waals surface area contributed by atoms with Crippen molar-refractivity contribution in [3.8, 4) is 0 Å². The van der Waals surface area contributed by atoms with Gasteiger partial charge >= 0.3 is 5.97 Å². The number of fused-ring (bicyclic) bond motifs is 2. The highest BCUT2D eigenvalue weighted by Crippen LogP contribution is 2.44. The van der Waals surface area contributed by atoms with E-state index < -0.39 is 34.6 Å². The zero-order valence-corrected chi connectivity index (χ0v) is 13.0. The Morgan fingerprint density at radius 1 is 1.29 bits per heavy atom. The van der Waals surface area contributed by atoms with E-state index in [1.54, 1.807) is 0 Å². The minimum absolute atomic E-state index is 0.276. The van der Waals surface area contributed by atoms with Crippen LogP contribution in [0.5, 0.6) is 0 Å². The second-order valence-electron chi connectivity index (χ2n) is 7.06. The molecule has 2 fully saturated rings. The first kappa shape index (κ1) is 15.5. The number of hydrogen-bond acceptors (Lipinski definition) is 3. The third kappa shape index (κ3) is 1.94. The van der Waals surface area contributed by atoms with Crippen LogP contribution in [-0.2, 0) is 21.5 Å². The summed E-state index contributed by atoms with van der Waals surface area (Å²) >= 11 is 0. The topological polar surface area (TPSA) is 78.4 Å². The highest BCUT2D eigenvalue weighted by molar-refractivity contribution is 5.94. The van der Waals surface area contributed by atoms with Gasteiger partial charge < -0.3 is 10.4 Å². The van der Waals surface area contributed by atoms with E-state index in [1.807, 2.05) is 0 Å². The molecule has 1 aromatic carbocycles. The van der Waals surface area contributed by atoms with Crippen molar-refractivity contribution in [2.45, 2.75) is 43.2 Å². The molecule has 1 aromatic rings. The highest BCUT2D eigenvalue weighted by Gasteiger charge is 2.58. The summed E-state index contributed by atoms with van der Waals surface area (Å²) in [6.45, 7) is 0.276. The van der Waals surface area contributed by atoms with Crippen molar-refractivity contribution in [1.29, 1.82) is 0 Å². The molecule has 3 aliphatic rings. The summed E-state index contributed by atoms with van der Waals surface area (Å²) in [5.74, 6) is -3.42. The molecular weight excluding hydrogens is 318 g/mol. The summed E-state index contributed by atoms with van der Waals surface area (Å²) in [5, 5.41) is 15.5. The third-order valence-corrected chi connectivity index (χ3v) is 5.90. The van der Waals surface area contributed by atoms with Crippen LogP contribution in [0.4, 0.5) is 8.78 Å². The second kappa shape index (κ2) is 4.99. The van der Waals surface area contributed by atoms with Gasteiger partial charge in [-0.05, 0) is 42.9 Å². The second-order valence-corrected chi connectivity index (χ2v) is 7.06. The van der Waals surface area contributed by atoms with Crippen LogP contribution < -0.4 is 10.6 Å². The minimum Gasteiger partial charge on any atom is -0.481 e. The quantitative estimate of drug-likeness (QED) is 0.725. The van der Waals surface area contributed by atoms with E-state index >= 15 is 0 Å². The number of hydrogen-bond donors (Lipinski definition) is 3. The largest absolute Gasteiger partial charge is 0.481 e. The van der Waals surface area contributed by atoms with Crippen LogP contribution in [0.3, 0.4) is 0 Å². The highest BCUT2D eigenvalue weighted by atomic mass is 19.1. The normalized spacial score (nSPS) is 34.6. The van der Waals surface area contributed by atoms with Crippen molar-refractivity contribution in [3.05, 3.63) is 34.9 Å². The number of benzene rings is 1. The summed E-state index contributed by atoms with van der Waals surface area (Å²) in [5.41, 5.74) is -1.10. The van der Waals surface area contributed by atoms with Crippen molar-refractivity contribution >= 4 is 11.9 Å². The number of carboxylic acid groups (broad SMARTS) is 1. The fraction of sp³-hybridized carbons (Fsp3) is 0.529. The van der Waals surface area contributed by atoms with Gasteiger partial charge in [-0.3, -0.25) is 14.9 Å². The lowest BCUT2D eigenvalue weighted by atomic mass is 9.79. The molecule has 4 rings (SSSR count). The Morgan fingerprint density at radius 3 is 2.79 bits per heavy atom. The number of carbonyl (C=O) groups is 2. The Bertz CT molecular complexity index is 754. The molecule has 2 aliphatic carbocycles. The maximum absolute atomic E-state index is 14.0. The summed E-state index contributed by atoms with van der Waals surface area (Å²) in [4.78, 5) is 24.4. The number of amides is 1. The minimum atomic E-state index is -1.12. The zero-order chi connectivity index (χ0) is 17.1. The molecule has 5 nitrogen and oxygen atoms in total. The van der Waals surface area contributed by atoms with Gasteiger partial charge in [-0.2, -0.15) is 0 Å². The zero-order valence-electron chi connectivity index (χ0n) is 13.0. The first-order chi connectivity index (χ1) is 11.4. The first-order valence-electron chi connectivity index (χ1n) is 8.17. The lowest BCUT2D eigenvalue weighted by molar-refractivity contribution is -0.150. The van der Waals surface area contributed by atoms with E-state index in [9.17, 15) is 23.5 Å². The Labute approximate surface area is 137 Å². The number of halogens is 2. The molecule has 3 N–H and O–H groups in total. The summed E-state index contributed by atoms with van der Waals surface area (Å²) in [7, 11) is 0. The van der Waals surface area contributed by atoms with Crippen molar-refractivity contribution in [2.24, 2.45) is 5.92 Å². The Kier molecular flexibility index (Phi) is 3.22. The molecule has 3 unspecified atom stereocenters. The van der Waals surface area contributed by atoms with Crippen molar-refractivity contribution in [1.82, 2.24) is 10.6 Å². The number of carbonyl (C=O) groups excluding carboxylic acids is 1. The van der Waals surface area contributed by atoms with Crippen LogP contribution in [-0.4, -0.2) is 29.1 Å². The molecule has 7 heteroatoms. The van der Waals surface area contributed by atoms with E-state index in [2.05, 4.69) is 10.6 Å². The molecule has 1 saturated carbocycles. The molecular formula is C17H18F2N2O3. The molecule has 128 valence electrons. The molecule has 0 aromatic heterocycles. The molecule has 1 amide bonds. The van der Waals surface area contributed by atoms with Crippen LogP contribution in [0.2, 0.25) is 0 Å². The summed E-state index contributed by atoms with van der Waals surface area (Å²) in [6.07, 6.45) is 2.44. The number of nitrogens with one attached hydrogen (secondary N) is 2. The molecule has 2 spiro atoms. The van der Waals surface area contributed by atoms with E-state index in [0.29, 0.717) is 43.2 Å². The lowest BCUT2D eigenvalue weighted by Crippen LogP contribution is -2.72. The van der Waals surface area contributed by atoms with Crippen LogP contribution in [0.25, 0.3) is 0 Å².